The molecule has 1 aromatic carbocycles. The van der Waals surface area contributed by atoms with Crippen molar-refractivity contribution in [2.45, 2.75) is 6.42 Å². The number of hydrogen-bond acceptors (Lipinski definition) is 2. The average Bonchev–Trinajstić information content (AvgIpc) is 2.09. The molecule has 2 nitrogen and oxygen atoms in total. The van der Waals surface area contributed by atoms with Crippen LogP contribution in [0, 0.1) is 0 Å². The number of ether oxygens (including phenoxy) is 1. The third-order valence-corrected chi connectivity index (χ3v) is 1.62. The summed E-state index contributed by atoms with van der Waals surface area (Å²) in [6.07, 6.45) is 2.60. The molecular weight excluding hydrogens is 180 g/mol. The van der Waals surface area contributed by atoms with Crippen molar-refractivity contribution < 1.29 is 9.84 Å². The highest BCUT2D eigenvalue weighted by atomic mass is 28.1. The molecule has 0 spiro atoms. The van der Waals surface area contributed by atoms with Gasteiger partial charge in [0.15, 0.2) is 11.5 Å². The Hall–Kier alpha value is -1.22. The smallest absolute Gasteiger partial charge is 0.160 e. The number of allylic oxidation sites excluding steroid dienone is 1. The Morgan fingerprint density at radius 2 is 2.23 bits per heavy atom. The van der Waals surface area contributed by atoms with E-state index in [0.717, 1.165) is 12.0 Å². The first-order valence-electron chi connectivity index (χ1n) is 3.74. The molecule has 3 heteroatoms. The van der Waals surface area contributed by atoms with Crippen LogP contribution >= 0.6 is 0 Å². The predicted octanol–water partition coefficient (Wildman–Crippen LogP) is 0.678. The minimum atomic E-state index is 0. The number of hydrogen-bond donors (Lipinski definition) is 1. The van der Waals surface area contributed by atoms with Gasteiger partial charge in [-0.3, -0.25) is 0 Å². The molecule has 0 aliphatic heterocycles. The van der Waals surface area contributed by atoms with Crippen molar-refractivity contribution in [1.29, 1.82) is 0 Å². The molecule has 0 aliphatic rings. The Kier molecular flexibility index (Phi) is 4.92. The van der Waals surface area contributed by atoms with Crippen molar-refractivity contribution in [1.82, 2.24) is 0 Å². The molecule has 0 heterocycles. The molecule has 13 heavy (non-hydrogen) atoms. The number of phenols is 1. The first-order valence-corrected chi connectivity index (χ1v) is 3.74. The Morgan fingerprint density at radius 3 is 2.77 bits per heavy atom. The fourth-order valence-corrected chi connectivity index (χ4v) is 1.02. The van der Waals surface area contributed by atoms with Crippen LogP contribution < -0.4 is 4.74 Å². The molecule has 0 saturated carbocycles. The molecule has 0 fully saturated rings. The van der Waals surface area contributed by atoms with Gasteiger partial charge in [-0.25, -0.2) is 0 Å². The van der Waals surface area contributed by atoms with Gasteiger partial charge in [-0.2, -0.15) is 0 Å². The maximum Gasteiger partial charge on any atom is 0.160 e. The Balaban J connectivity index is 0.00000144. The lowest BCUT2D eigenvalue weighted by atomic mass is 10.1. The highest BCUT2D eigenvalue weighted by Gasteiger charge is 2.00. The van der Waals surface area contributed by atoms with Crippen LogP contribution in [0.4, 0.5) is 0 Å². The van der Waals surface area contributed by atoms with E-state index in [2.05, 4.69) is 6.58 Å². The van der Waals surface area contributed by atoms with Crippen LogP contribution in [-0.2, 0) is 6.42 Å². The van der Waals surface area contributed by atoms with Crippen LogP contribution in [0.25, 0.3) is 0 Å². The van der Waals surface area contributed by atoms with Gasteiger partial charge < -0.3 is 9.84 Å². The predicted molar refractivity (Wildman–Crippen MR) is 59.9 cm³/mol. The second-order valence-electron chi connectivity index (χ2n) is 2.50. The summed E-state index contributed by atoms with van der Waals surface area (Å²) in [7, 11) is 1.53. The van der Waals surface area contributed by atoms with Crippen LogP contribution in [0.15, 0.2) is 30.9 Å². The topological polar surface area (TPSA) is 29.5 Å². The van der Waals surface area contributed by atoms with Gasteiger partial charge in [-0.05, 0) is 35.1 Å². The summed E-state index contributed by atoms with van der Waals surface area (Å²) >= 11 is 0. The molecule has 0 radical (unpaired) electrons. The molecule has 0 bridgehead atoms. The van der Waals surface area contributed by atoms with E-state index in [-0.39, 0.29) is 16.7 Å². The average molecular weight is 196 g/mol. The minimum Gasteiger partial charge on any atom is -0.504 e. The van der Waals surface area contributed by atoms with Gasteiger partial charge in [0.1, 0.15) is 0 Å². The molecule has 1 rings (SSSR count). The Bertz CT molecular complexity index is 284. The van der Waals surface area contributed by atoms with Crippen LogP contribution in [-0.4, -0.2) is 23.2 Å². The summed E-state index contributed by atoms with van der Waals surface area (Å²) in [4.78, 5) is 0. The summed E-state index contributed by atoms with van der Waals surface area (Å²) in [5, 5.41) is 9.25. The lowest BCUT2D eigenvalue weighted by Crippen LogP contribution is -1.86. The summed E-state index contributed by atoms with van der Waals surface area (Å²) in [5.74, 6) is 0.680. The summed E-state index contributed by atoms with van der Waals surface area (Å²) in [6.45, 7) is 3.63. The van der Waals surface area contributed by atoms with E-state index in [1.165, 1.54) is 7.11 Å². The standard InChI is InChI=1S/C10H12O2.H4Si/c1-3-4-8-5-6-9(11)10(7-8)12-2;/h3,5-7,11H,1,4H2,2H3;1H4. The third kappa shape index (κ3) is 2.95. The summed E-state index contributed by atoms with van der Waals surface area (Å²) in [6, 6.07) is 5.27. The lowest BCUT2D eigenvalue weighted by Gasteiger charge is -2.04. The van der Waals surface area contributed by atoms with E-state index in [4.69, 9.17) is 4.74 Å². The molecule has 1 N–H and O–H groups in total. The van der Waals surface area contributed by atoms with Gasteiger partial charge >= 0.3 is 0 Å². The van der Waals surface area contributed by atoms with Crippen LogP contribution in [0.3, 0.4) is 0 Å². The van der Waals surface area contributed by atoms with E-state index in [9.17, 15) is 5.11 Å². The highest BCUT2D eigenvalue weighted by molar-refractivity contribution is 5.75. The number of rotatable bonds is 3. The first kappa shape index (κ1) is 11.8. The quantitative estimate of drug-likeness (QED) is 0.569. The highest BCUT2D eigenvalue weighted by Crippen LogP contribution is 2.26. The van der Waals surface area contributed by atoms with Crippen molar-refractivity contribution in [3.05, 3.63) is 36.4 Å². The monoisotopic (exact) mass is 196 g/mol. The van der Waals surface area contributed by atoms with Crippen molar-refractivity contribution in [3.8, 4) is 11.5 Å². The van der Waals surface area contributed by atoms with E-state index < -0.39 is 0 Å². The molecule has 0 saturated heterocycles. The van der Waals surface area contributed by atoms with Gasteiger partial charge in [0.05, 0.1) is 7.11 Å². The van der Waals surface area contributed by atoms with Gasteiger partial charge in [0, 0.05) is 0 Å². The zero-order chi connectivity index (χ0) is 8.97. The fourth-order valence-electron chi connectivity index (χ4n) is 1.02. The van der Waals surface area contributed by atoms with E-state index >= 15 is 0 Å². The van der Waals surface area contributed by atoms with E-state index in [1.54, 1.807) is 12.1 Å². The SMILES string of the molecule is C=CCc1ccc(O)c(OC)c1.[SiH4]. The maximum atomic E-state index is 9.25. The molecule has 72 valence electrons. The second kappa shape index (κ2) is 5.43. The van der Waals surface area contributed by atoms with Crippen molar-refractivity contribution in [2.75, 3.05) is 7.11 Å². The normalized spacial score (nSPS) is 8.69. The summed E-state index contributed by atoms with van der Waals surface area (Å²) in [5.41, 5.74) is 1.08. The molecule has 0 aliphatic carbocycles. The zero-order valence-corrected chi connectivity index (χ0v) is 7.08. The summed E-state index contributed by atoms with van der Waals surface area (Å²) < 4.78 is 4.95. The lowest BCUT2D eigenvalue weighted by molar-refractivity contribution is 0.373. The third-order valence-electron chi connectivity index (χ3n) is 1.62. The zero-order valence-electron chi connectivity index (χ0n) is 7.08. The fraction of sp³-hybridized carbons (Fsp3) is 0.200. The Labute approximate surface area is 82.9 Å². The molecule has 0 unspecified atom stereocenters. The van der Waals surface area contributed by atoms with Gasteiger partial charge in [-0.15, -0.1) is 6.58 Å². The van der Waals surface area contributed by atoms with Crippen molar-refractivity contribution >= 4 is 11.0 Å². The van der Waals surface area contributed by atoms with Gasteiger partial charge in [-0.1, -0.05) is 12.1 Å². The number of methoxy groups -OCH3 is 1. The largest absolute Gasteiger partial charge is 0.504 e. The van der Waals surface area contributed by atoms with E-state index in [0.29, 0.717) is 5.75 Å². The van der Waals surface area contributed by atoms with Crippen molar-refractivity contribution in [2.24, 2.45) is 0 Å². The van der Waals surface area contributed by atoms with Crippen LogP contribution in [0.2, 0.25) is 0 Å². The van der Waals surface area contributed by atoms with Crippen LogP contribution in [0.5, 0.6) is 11.5 Å². The van der Waals surface area contributed by atoms with Gasteiger partial charge in [0.2, 0.25) is 0 Å². The number of phenolic OH excluding ortho intramolecular Hbond substituents is 1. The van der Waals surface area contributed by atoms with E-state index in [1.807, 2.05) is 12.1 Å². The van der Waals surface area contributed by atoms with Crippen molar-refractivity contribution in [3.63, 3.8) is 0 Å². The molecule has 0 aromatic heterocycles. The molecular formula is C10H16O2Si. The second-order valence-corrected chi connectivity index (χ2v) is 2.50. The molecule has 0 amide bonds. The number of benzene rings is 1. The Morgan fingerprint density at radius 1 is 1.54 bits per heavy atom. The van der Waals surface area contributed by atoms with Gasteiger partial charge in [0.25, 0.3) is 0 Å². The molecule has 0 atom stereocenters. The molecule has 1 aromatic rings. The number of aromatic hydroxyl groups is 1. The van der Waals surface area contributed by atoms with Crippen LogP contribution in [0.1, 0.15) is 5.56 Å². The minimum absolute atomic E-state index is 0. The maximum absolute atomic E-state index is 9.25. The first-order chi connectivity index (χ1) is 5.77.